The summed E-state index contributed by atoms with van der Waals surface area (Å²) in [4.78, 5) is 23.6. The van der Waals surface area contributed by atoms with Crippen molar-refractivity contribution < 1.29 is 4.79 Å². The second kappa shape index (κ2) is 5.11. The second-order valence-corrected chi connectivity index (χ2v) is 5.22. The Balaban J connectivity index is 1.85. The van der Waals surface area contributed by atoms with Crippen LogP contribution in [0, 0.1) is 6.92 Å². The van der Waals surface area contributed by atoms with Crippen molar-refractivity contribution >= 4 is 5.91 Å². The molecule has 2 aromatic rings. The van der Waals surface area contributed by atoms with Gasteiger partial charge in [0, 0.05) is 43.5 Å². The number of carbonyl (C=O) groups is 1. The van der Waals surface area contributed by atoms with E-state index >= 15 is 0 Å². The van der Waals surface area contributed by atoms with Gasteiger partial charge in [0.25, 0.3) is 0 Å². The number of carbonyl (C=O) groups excluding carboxylic acids is 1. The van der Waals surface area contributed by atoms with Gasteiger partial charge >= 0.3 is 0 Å². The second-order valence-electron chi connectivity index (χ2n) is 5.22. The summed E-state index contributed by atoms with van der Waals surface area (Å²) in [6.07, 6.45) is 6.11. The fourth-order valence-corrected chi connectivity index (χ4v) is 2.63. The van der Waals surface area contributed by atoms with E-state index in [2.05, 4.69) is 31.8 Å². The van der Waals surface area contributed by atoms with Gasteiger partial charge in [-0.05, 0) is 13.3 Å². The number of amides is 1. The van der Waals surface area contributed by atoms with Gasteiger partial charge in [-0.15, -0.1) is 0 Å². The molecule has 6 heteroatoms. The molecule has 0 spiro atoms. The van der Waals surface area contributed by atoms with Crippen LogP contribution in [0.3, 0.4) is 0 Å². The van der Waals surface area contributed by atoms with Gasteiger partial charge in [0.1, 0.15) is 11.5 Å². The molecule has 1 aliphatic rings. The van der Waals surface area contributed by atoms with Crippen LogP contribution in [0.1, 0.15) is 31.3 Å². The standard InChI is InChI=1S/C14H19N5O/c1-3-11-16-9(2)13(18-11)14-15-6-7-19(14)8-10-4-5-12(20)17-10/h6-7,10H,3-5,8H2,1-2H3,(H,16,18)(H,17,20). The number of aromatic amines is 1. The molecule has 0 saturated carbocycles. The summed E-state index contributed by atoms with van der Waals surface area (Å²) >= 11 is 0. The number of hydrogen-bond acceptors (Lipinski definition) is 3. The number of nitrogens with one attached hydrogen (secondary N) is 2. The Morgan fingerprint density at radius 1 is 1.50 bits per heavy atom. The minimum atomic E-state index is 0.140. The number of aromatic nitrogens is 4. The van der Waals surface area contributed by atoms with Gasteiger partial charge in [-0.1, -0.05) is 6.92 Å². The SMILES string of the molecule is CCc1nc(-c2nccn2CC2CCC(=O)N2)c(C)[nH]1. The van der Waals surface area contributed by atoms with Gasteiger partial charge in [-0.2, -0.15) is 0 Å². The van der Waals surface area contributed by atoms with Crippen LogP contribution in [0.25, 0.3) is 11.5 Å². The largest absolute Gasteiger partial charge is 0.352 e. The molecule has 1 saturated heterocycles. The molecule has 1 amide bonds. The van der Waals surface area contributed by atoms with Crippen molar-refractivity contribution in [1.29, 1.82) is 0 Å². The van der Waals surface area contributed by atoms with Crippen LogP contribution in [-0.4, -0.2) is 31.5 Å². The molecule has 20 heavy (non-hydrogen) atoms. The lowest BCUT2D eigenvalue weighted by Gasteiger charge is -2.12. The summed E-state index contributed by atoms with van der Waals surface area (Å²) in [5.41, 5.74) is 1.93. The van der Waals surface area contributed by atoms with Crippen molar-refractivity contribution in [2.45, 2.75) is 45.7 Å². The highest BCUT2D eigenvalue weighted by atomic mass is 16.1. The fraction of sp³-hybridized carbons (Fsp3) is 0.500. The van der Waals surface area contributed by atoms with Crippen LogP contribution in [0.5, 0.6) is 0 Å². The van der Waals surface area contributed by atoms with E-state index in [-0.39, 0.29) is 11.9 Å². The zero-order chi connectivity index (χ0) is 14.1. The summed E-state index contributed by atoms with van der Waals surface area (Å²) in [5, 5.41) is 2.99. The highest BCUT2D eigenvalue weighted by Crippen LogP contribution is 2.21. The molecule has 0 radical (unpaired) electrons. The molecule has 3 heterocycles. The first-order valence-corrected chi connectivity index (χ1v) is 7.03. The van der Waals surface area contributed by atoms with Crippen LogP contribution in [0.4, 0.5) is 0 Å². The Morgan fingerprint density at radius 2 is 2.35 bits per heavy atom. The zero-order valence-electron chi connectivity index (χ0n) is 11.8. The first-order chi connectivity index (χ1) is 9.67. The van der Waals surface area contributed by atoms with Crippen LogP contribution >= 0.6 is 0 Å². The first-order valence-electron chi connectivity index (χ1n) is 7.03. The minimum Gasteiger partial charge on any atom is -0.352 e. The maximum Gasteiger partial charge on any atom is 0.220 e. The van der Waals surface area contributed by atoms with E-state index in [4.69, 9.17) is 0 Å². The van der Waals surface area contributed by atoms with Gasteiger partial charge in [0.15, 0.2) is 5.82 Å². The lowest BCUT2D eigenvalue weighted by atomic mass is 10.2. The molecular weight excluding hydrogens is 254 g/mol. The van der Waals surface area contributed by atoms with Crippen molar-refractivity contribution in [3.63, 3.8) is 0 Å². The molecular formula is C14H19N5O. The third-order valence-corrected chi connectivity index (χ3v) is 3.70. The molecule has 0 bridgehead atoms. The van der Waals surface area contributed by atoms with E-state index in [1.54, 1.807) is 6.20 Å². The van der Waals surface area contributed by atoms with E-state index in [0.29, 0.717) is 6.42 Å². The fourth-order valence-electron chi connectivity index (χ4n) is 2.63. The highest BCUT2D eigenvalue weighted by Gasteiger charge is 2.22. The maximum absolute atomic E-state index is 11.3. The molecule has 1 unspecified atom stereocenters. The molecule has 2 aromatic heterocycles. The monoisotopic (exact) mass is 273 g/mol. The highest BCUT2D eigenvalue weighted by molar-refractivity contribution is 5.78. The smallest absolute Gasteiger partial charge is 0.220 e. The first kappa shape index (κ1) is 12.9. The average Bonchev–Trinajstić information content (AvgIpc) is 3.11. The Bertz CT molecular complexity index is 627. The van der Waals surface area contributed by atoms with Gasteiger partial charge in [0.2, 0.25) is 5.91 Å². The molecule has 106 valence electrons. The number of H-pyrrole nitrogens is 1. The topological polar surface area (TPSA) is 75.6 Å². The Kier molecular flexibility index (Phi) is 3.30. The Hall–Kier alpha value is -2.11. The van der Waals surface area contributed by atoms with Crippen LogP contribution < -0.4 is 5.32 Å². The zero-order valence-corrected chi connectivity index (χ0v) is 11.8. The predicted octanol–water partition coefficient (Wildman–Crippen LogP) is 1.42. The average molecular weight is 273 g/mol. The Labute approximate surface area is 117 Å². The van der Waals surface area contributed by atoms with Crippen molar-refractivity contribution in [3.05, 3.63) is 23.9 Å². The molecule has 6 nitrogen and oxygen atoms in total. The number of rotatable bonds is 4. The third kappa shape index (κ3) is 2.33. The predicted molar refractivity (Wildman–Crippen MR) is 75.1 cm³/mol. The molecule has 3 rings (SSSR count). The van der Waals surface area contributed by atoms with Crippen molar-refractivity contribution in [3.8, 4) is 11.5 Å². The van der Waals surface area contributed by atoms with Gasteiger partial charge in [0.05, 0.1) is 0 Å². The quantitative estimate of drug-likeness (QED) is 0.884. The normalized spacial score (nSPS) is 18.5. The minimum absolute atomic E-state index is 0.140. The summed E-state index contributed by atoms with van der Waals surface area (Å²) in [6, 6.07) is 0.195. The molecule has 1 atom stereocenters. The summed E-state index contributed by atoms with van der Waals surface area (Å²) in [6.45, 7) is 4.83. The van der Waals surface area contributed by atoms with E-state index in [0.717, 1.165) is 42.4 Å². The van der Waals surface area contributed by atoms with E-state index < -0.39 is 0 Å². The Morgan fingerprint density at radius 3 is 3.00 bits per heavy atom. The van der Waals surface area contributed by atoms with Crippen molar-refractivity contribution in [2.75, 3.05) is 0 Å². The van der Waals surface area contributed by atoms with E-state index in [9.17, 15) is 4.79 Å². The third-order valence-electron chi connectivity index (χ3n) is 3.70. The molecule has 1 aliphatic heterocycles. The number of nitrogens with zero attached hydrogens (tertiary/aromatic N) is 3. The summed E-state index contributed by atoms with van der Waals surface area (Å²) in [5.74, 6) is 1.97. The van der Waals surface area contributed by atoms with Crippen LogP contribution in [-0.2, 0) is 17.8 Å². The summed E-state index contributed by atoms with van der Waals surface area (Å²) in [7, 11) is 0. The molecule has 1 fully saturated rings. The van der Waals surface area contributed by atoms with Gasteiger partial charge in [-0.3, -0.25) is 4.79 Å². The van der Waals surface area contributed by atoms with E-state index in [1.807, 2.05) is 13.1 Å². The van der Waals surface area contributed by atoms with Gasteiger partial charge < -0.3 is 14.9 Å². The molecule has 0 aliphatic carbocycles. The number of aryl methyl sites for hydroxylation is 2. The lowest BCUT2D eigenvalue weighted by molar-refractivity contribution is -0.119. The molecule has 2 N–H and O–H groups in total. The number of hydrogen-bond donors (Lipinski definition) is 2. The van der Waals surface area contributed by atoms with Crippen molar-refractivity contribution in [1.82, 2.24) is 24.8 Å². The maximum atomic E-state index is 11.3. The van der Waals surface area contributed by atoms with E-state index in [1.165, 1.54) is 0 Å². The lowest BCUT2D eigenvalue weighted by Crippen LogP contribution is -2.29. The molecule has 0 aromatic carbocycles. The summed E-state index contributed by atoms with van der Waals surface area (Å²) < 4.78 is 2.07. The van der Waals surface area contributed by atoms with Crippen molar-refractivity contribution in [2.24, 2.45) is 0 Å². The number of imidazole rings is 2. The van der Waals surface area contributed by atoms with Gasteiger partial charge in [-0.25, -0.2) is 9.97 Å². The van der Waals surface area contributed by atoms with Crippen LogP contribution in [0.15, 0.2) is 12.4 Å². The van der Waals surface area contributed by atoms with Crippen LogP contribution in [0.2, 0.25) is 0 Å².